The van der Waals surface area contributed by atoms with Crippen molar-refractivity contribution in [2.75, 3.05) is 0 Å². The summed E-state index contributed by atoms with van der Waals surface area (Å²) in [6.45, 7) is 0. The highest BCUT2D eigenvalue weighted by Crippen LogP contribution is 2.49. The predicted octanol–water partition coefficient (Wildman–Crippen LogP) is 32.8. The van der Waals surface area contributed by atoms with E-state index >= 15 is 0 Å². The first kappa shape index (κ1) is 79.2. The molecule has 19 aromatic carbocycles. The Hall–Kier alpha value is -19.2. The minimum absolute atomic E-state index is 0.961. The van der Waals surface area contributed by atoms with Crippen LogP contribution in [0.3, 0.4) is 0 Å². The molecule has 141 heavy (non-hydrogen) atoms. The second-order valence-electron chi connectivity index (χ2n) is 36.5. The topological polar surface area (TPSA) is 83.0 Å². The molecule has 0 spiro atoms. The molecule has 31 aromatic rings. The third-order valence-electron chi connectivity index (χ3n) is 29.1. The van der Waals surface area contributed by atoms with Gasteiger partial charge in [0.15, 0.2) is 0 Å². The van der Waals surface area contributed by atoms with Crippen LogP contribution in [0.2, 0.25) is 0 Å². The third kappa shape index (κ3) is 12.1. The van der Waals surface area contributed by atoms with Crippen molar-refractivity contribution in [2.45, 2.75) is 0 Å². The molecule has 0 saturated heterocycles. The Kier molecular flexibility index (Phi) is 17.8. The zero-order valence-electron chi connectivity index (χ0n) is 76.2. The molecular formula is C129H82N12. The van der Waals surface area contributed by atoms with Crippen LogP contribution in [0.5, 0.6) is 0 Å². The van der Waals surface area contributed by atoms with E-state index in [0.717, 1.165) is 101 Å². The fraction of sp³-hybridized carbons (Fsp3) is 0. The molecule has 12 heterocycles. The number of fused-ring (bicyclic) bond motifs is 30. The van der Waals surface area contributed by atoms with Crippen molar-refractivity contribution in [3.05, 3.63) is 498 Å². The summed E-state index contributed by atoms with van der Waals surface area (Å²) in [5, 5.41) is 20.8. The summed E-state index contributed by atoms with van der Waals surface area (Å²) < 4.78 is 21.5. The van der Waals surface area contributed by atoms with Gasteiger partial charge in [-0.2, -0.15) is 0 Å². The van der Waals surface area contributed by atoms with Gasteiger partial charge in [-0.15, -0.1) is 0 Å². The smallest absolute Gasteiger partial charge is 0.145 e. The summed E-state index contributed by atoms with van der Waals surface area (Å²) in [6, 6.07) is 170. The van der Waals surface area contributed by atoms with E-state index in [2.05, 4.69) is 507 Å². The summed E-state index contributed by atoms with van der Waals surface area (Å²) in [6.07, 6.45) is 7.66. The van der Waals surface area contributed by atoms with Gasteiger partial charge in [-0.3, -0.25) is 14.5 Å². The first-order valence-electron chi connectivity index (χ1n) is 48.0. The lowest BCUT2D eigenvalue weighted by atomic mass is 10.1. The maximum absolute atomic E-state index is 4.90. The van der Waals surface area contributed by atoms with Crippen LogP contribution in [0.1, 0.15) is 0 Å². The number of rotatable bonds is 10. The molecule has 0 unspecified atom stereocenters. The largest absolute Gasteiger partial charge is 0.309 e. The molecule has 31 rings (SSSR count). The van der Waals surface area contributed by atoms with Gasteiger partial charge in [-0.05, 0) is 223 Å². The lowest BCUT2D eigenvalue weighted by Gasteiger charge is -2.11. The van der Waals surface area contributed by atoms with Crippen LogP contribution in [0.25, 0.3) is 259 Å². The van der Waals surface area contributed by atoms with Crippen LogP contribution < -0.4 is 0 Å². The van der Waals surface area contributed by atoms with Crippen molar-refractivity contribution in [2.24, 2.45) is 0 Å². The first-order valence-corrected chi connectivity index (χ1v) is 48.0. The van der Waals surface area contributed by atoms with Crippen LogP contribution >= 0.6 is 0 Å². The second kappa shape index (κ2) is 31.7. The third-order valence-corrected chi connectivity index (χ3v) is 29.1. The van der Waals surface area contributed by atoms with Crippen LogP contribution in [-0.2, 0) is 0 Å². The number of aromatic nitrogens is 12. The van der Waals surface area contributed by atoms with Crippen molar-refractivity contribution in [1.82, 2.24) is 56.1 Å². The summed E-state index contributed by atoms with van der Waals surface area (Å²) >= 11 is 0. The van der Waals surface area contributed by atoms with E-state index in [4.69, 9.17) is 9.97 Å². The summed E-state index contributed by atoms with van der Waals surface area (Å²) in [4.78, 5) is 14.3. The van der Waals surface area contributed by atoms with Crippen LogP contribution in [-0.4, -0.2) is 56.1 Å². The van der Waals surface area contributed by atoms with E-state index in [1.165, 1.54) is 158 Å². The Morgan fingerprint density at radius 3 is 0.872 bits per heavy atom. The van der Waals surface area contributed by atoms with E-state index in [1.54, 1.807) is 0 Å². The molecule has 12 aromatic heterocycles. The quantitative estimate of drug-likeness (QED) is 0.137. The average molecular weight is 1800 g/mol. The summed E-state index contributed by atoms with van der Waals surface area (Å²) in [5.41, 5.74) is 34.7. The van der Waals surface area contributed by atoms with Crippen molar-refractivity contribution in [3.63, 3.8) is 0 Å². The van der Waals surface area contributed by atoms with E-state index < -0.39 is 0 Å². The maximum atomic E-state index is 4.90. The fourth-order valence-corrected chi connectivity index (χ4v) is 23.2. The number of nitrogens with zero attached hydrogens (tertiary/aromatic N) is 12. The van der Waals surface area contributed by atoms with Gasteiger partial charge in [-0.1, -0.05) is 261 Å². The highest BCUT2D eigenvalue weighted by atomic mass is 15.1. The molecule has 0 saturated carbocycles. The first-order chi connectivity index (χ1) is 70.1. The van der Waals surface area contributed by atoms with E-state index in [0.29, 0.717) is 0 Å². The molecule has 12 nitrogen and oxygen atoms in total. The monoisotopic (exact) mass is 1800 g/mol. The van der Waals surface area contributed by atoms with Crippen molar-refractivity contribution >= 4 is 197 Å². The molecule has 0 fully saturated rings. The van der Waals surface area contributed by atoms with E-state index in [1.807, 2.05) is 36.9 Å². The Morgan fingerprint density at radius 2 is 0.418 bits per heavy atom. The van der Waals surface area contributed by atoms with Crippen LogP contribution in [0.4, 0.5) is 0 Å². The zero-order valence-corrected chi connectivity index (χ0v) is 76.2. The highest BCUT2D eigenvalue weighted by Gasteiger charge is 2.28. The van der Waals surface area contributed by atoms with Crippen LogP contribution in [0, 0.1) is 0 Å². The Bertz CT molecular complexity index is 10100. The van der Waals surface area contributed by atoms with Crippen molar-refractivity contribution in [1.29, 1.82) is 0 Å². The summed E-state index contributed by atoms with van der Waals surface area (Å²) in [5.74, 6) is 0. The van der Waals surface area contributed by atoms with Crippen molar-refractivity contribution in [3.8, 4) is 62.3 Å². The minimum atomic E-state index is 0.961. The van der Waals surface area contributed by atoms with Gasteiger partial charge in [0.2, 0.25) is 0 Å². The fourth-order valence-electron chi connectivity index (χ4n) is 23.2. The van der Waals surface area contributed by atoms with Gasteiger partial charge in [0, 0.05) is 168 Å². The van der Waals surface area contributed by atoms with Gasteiger partial charge in [0.1, 0.15) is 5.65 Å². The molecule has 0 atom stereocenters. The normalized spacial score (nSPS) is 12.0. The average Bonchev–Trinajstić information content (AvgIpc) is 1.54. The molecule has 12 heteroatoms. The SMILES string of the molecule is c1ccc(-c2ccc(-n3c4ccccc4c4ccc5c(c6ccccc6n5-c5ccc6c(c5)c5cccnc5n6-c5ccccc5)c43)cc2)cc1.c1ccc(-n2c3ccc(-n4c5ccccc5c5ccc6c(c7ccccc7n6-c6ccccc6)c54)cc3c3ncccc32)cc1.c1ccc(-n2c3ccncc3c3cc(-n4c5ccccc5c5ccc6c(c7ccccc7n6-c6ccccc6)c54)ccc32)cc1. The molecule has 0 aliphatic carbocycles. The number of hydrogen-bond acceptors (Lipinski definition) is 3. The van der Waals surface area contributed by atoms with Crippen LogP contribution in [0.15, 0.2) is 498 Å². The predicted molar refractivity (Wildman–Crippen MR) is 587 cm³/mol. The number of hydrogen-bond donors (Lipinski definition) is 0. The highest BCUT2D eigenvalue weighted by molar-refractivity contribution is 6.30. The lowest BCUT2D eigenvalue weighted by molar-refractivity contribution is 1.13. The number of para-hydroxylation sites is 11. The van der Waals surface area contributed by atoms with Gasteiger partial charge >= 0.3 is 0 Å². The standard InChI is InChI=1S/C47H30N4.2C41H26N4/c1-3-12-31(13-4-1)32-21-23-34(24-22-32)50-41-19-9-7-16-36(41)37-26-28-44-45(46(37)50)39-17-8-10-20-42(39)49(44)35-25-27-43-40(30-35)38-18-11-29-48-47(38)51(43)33-14-5-2-6-15-33;1-3-12-27(13-4-1)43-35-19-10-8-17-32(35)39-37(43)24-22-31-30-16-7-9-18-34(30)45(41(31)39)29-21-23-36-33(26-29)40-38(20-11-25-42-40)44(36)28-14-5-2-6-15-28;1-3-11-27(12-4-1)43-37-21-19-29(25-33(37)34-26-42-24-23-38(34)43)45-35-17-9-7-15-30(35)31-20-22-39-40(41(31)45)32-16-8-10-18-36(32)44(39)28-13-5-2-6-14-28/h1-30H;2*1-26H. The Labute approximate surface area is 807 Å². The molecule has 0 aliphatic rings. The molecule has 0 amide bonds. The summed E-state index contributed by atoms with van der Waals surface area (Å²) in [7, 11) is 0. The molecular weight excluding hydrogens is 1720 g/mol. The number of benzene rings is 19. The van der Waals surface area contributed by atoms with E-state index in [9.17, 15) is 0 Å². The van der Waals surface area contributed by atoms with Gasteiger partial charge in [0.25, 0.3) is 0 Å². The van der Waals surface area contributed by atoms with Crippen molar-refractivity contribution < 1.29 is 0 Å². The van der Waals surface area contributed by atoms with Gasteiger partial charge in [0.05, 0.1) is 99.3 Å². The molecule has 658 valence electrons. The maximum Gasteiger partial charge on any atom is 0.145 e. The molecule has 0 radical (unpaired) electrons. The lowest BCUT2D eigenvalue weighted by Crippen LogP contribution is -1.96. The molecule has 0 bridgehead atoms. The molecule has 0 aliphatic heterocycles. The Balaban J connectivity index is 0.000000102. The molecule has 0 N–H and O–H groups in total. The van der Waals surface area contributed by atoms with Gasteiger partial charge < -0.3 is 36.5 Å². The van der Waals surface area contributed by atoms with E-state index in [-0.39, 0.29) is 0 Å². The minimum Gasteiger partial charge on any atom is -0.309 e. The zero-order chi connectivity index (χ0) is 92.4. The van der Waals surface area contributed by atoms with Gasteiger partial charge in [-0.25, -0.2) is 4.98 Å². The Morgan fingerprint density at radius 1 is 0.142 bits per heavy atom. The second-order valence-corrected chi connectivity index (χ2v) is 36.5. The number of pyridine rings is 3.